The fourth-order valence-electron chi connectivity index (χ4n) is 1.19. The van der Waals surface area contributed by atoms with Crippen LogP contribution in [0.4, 0.5) is 0 Å². The summed E-state index contributed by atoms with van der Waals surface area (Å²) in [7, 11) is 0. The minimum Gasteiger partial charge on any atom is -0.356 e. The SMILES string of the molecule is CC(C)(C)C(=O)NCCCCCNC(=O)CN. The average molecular weight is 243 g/mol. The molecule has 17 heavy (non-hydrogen) atoms. The van der Waals surface area contributed by atoms with Crippen LogP contribution >= 0.6 is 0 Å². The van der Waals surface area contributed by atoms with Crippen LogP contribution in [-0.4, -0.2) is 31.4 Å². The van der Waals surface area contributed by atoms with Crippen LogP contribution < -0.4 is 16.4 Å². The molecule has 0 bridgehead atoms. The van der Waals surface area contributed by atoms with E-state index in [4.69, 9.17) is 5.73 Å². The Labute approximate surface area is 104 Å². The molecular formula is C12H25N3O2. The maximum Gasteiger partial charge on any atom is 0.233 e. The fraction of sp³-hybridized carbons (Fsp3) is 0.833. The van der Waals surface area contributed by atoms with Gasteiger partial charge in [-0.25, -0.2) is 0 Å². The quantitative estimate of drug-likeness (QED) is 0.566. The second kappa shape index (κ2) is 8.06. The zero-order valence-electron chi connectivity index (χ0n) is 11.1. The van der Waals surface area contributed by atoms with Crippen LogP contribution in [0.25, 0.3) is 0 Å². The standard InChI is InChI=1S/C12H25N3O2/c1-12(2,3)11(17)15-8-6-4-5-7-14-10(16)9-13/h4-9,13H2,1-3H3,(H,14,16)(H,15,17). The van der Waals surface area contributed by atoms with E-state index < -0.39 is 0 Å². The molecule has 0 fully saturated rings. The summed E-state index contributed by atoms with van der Waals surface area (Å²) >= 11 is 0. The molecule has 4 N–H and O–H groups in total. The molecule has 2 amide bonds. The fourth-order valence-corrected chi connectivity index (χ4v) is 1.19. The number of carbonyl (C=O) groups is 2. The topological polar surface area (TPSA) is 84.2 Å². The summed E-state index contributed by atoms with van der Waals surface area (Å²) in [6.07, 6.45) is 2.83. The number of unbranched alkanes of at least 4 members (excludes halogenated alkanes) is 2. The molecule has 0 atom stereocenters. The Morgan fingerprint density at radius 3 is 2.00 bits per heavy atom. The summed E-state index contributed by atoms with van der Waals surface area (Å²) in [5.41, 5.74) is 4.82. The number of rotatable bonds is 7. The third-order valence-electron chi connectivity index (χ3n) is 2.33. The third-order valence-corrected chi connectivity index (χ3v) is 2.33. The second-order valence-electron chi connectivity index (χ2n) is 5.12. The Hall–Kier alpha value is -1.10. The van der Waals surface area contributed by atoms with Crippen LogP contribution in [0.1, 0.15) is 40.0 Å². The van der Waals surface area contributed by atoms with Gasteiger partial charge in [-0.15, -0.1) is 0 Å². The van der Waals surface area contributed by atoms with Crippen molar-refractivity contribution in [3.05, 3.63) is 0 Å². The van der Waals surface area contributed by atoms with E-state index in [2.05, 4.69) is 10.6 Å². The van der Waals surface area contributed by atoms with Gasteiger partial charge in [0.2, 0.25) is 11.8 Å². The molecule has 0 aliphatic carbocycles. The highest BCUT2D eigenvalue weighted by Gasteiger charge is 2.19. The van der Waals surface area contributed by atoms with E-state index in [-0.39, 0.29) is 23.8 Å². The molecule has 0 saturated heterocycles. The van der Waals surface area contributed by atoms with Gasteiger partial charge in [-0.1, -0.05) is 20.8 Å². The molecule has 5 nitrogen and oxygen atoms in total. The van der Waals surface area contributed by atoms with Crippen LogP contribution in [0.15, 0.2) is 0 Å². The molecule has 0 aliphatic rings. The Morgan fingerprint density at radius 1 is 1.00 bits per heavy atom. The minimum atomic E-state index is -0.324. The van der Waals surface area contributed by atoms with Crippen molar-refractivity contribution in [1.82, 2.24) is 10.6 Å². The van der Waals surface area contributed by atoms with Gasteiger partial charge in [0.1, 0.15) is 0 Å². The Bertz CT molecular complexity index is 247. The van der Waals surface area contributed by atoms with Crippen LogP contribution in [0.3, 0.4) is 0 Å². The van der Waals surface area contributed by atoms with Gasteiger partial charge in [-0.2, -0.15) is 0 Å². The first kappa shape index (κ1) is 15.9. The largest absolute Gasteiger partial charge is 0.356 e. The van der Waals surface area contributed by atoms with E-state index >= 15 is 0 Å². The Kier molecular flexibility index (Phi) is 7.54. The lowest BCUT2D eigenvalue weighted by Gasteiger charge is -2.17. The van der Waals surface area contributed by atoms with E-state index in [1.54, 1.807) is 0 Å². The first-order valence-electron chi connectivity index (χ1n) is 6.13. The van der Waals surface area contributed by atoms with Gasteiger partial charge < -0.3 is 16.4 Å². The Balaban J connectivity index is 3.36. The number of hydrogen-bond acceptors (Lipinski definition) is 3. The van der Waals surface area contributed by atoms with E-state index in [0.717, 1.165) is 19.3 Å². The molecule has 0 heterocycles. The molecule has 0 aromatic carbocycles. The van der Waals surface area contributed by atoms with Crippen LogP contribution in [0.5, 0.6) is 0 Å². The van der Waals surface area contributed by atoms with Crippen molar-refractivity contribution in [2.45, 2.75) is 40.0 Å². The van der Waals surface area contributed by atoms with E-state index in [1.165, 1.54) is 0 Å². The van der Waals surface area contributed by atoms with Crippen molar-refractivity contribution >= 4 is 11.8 Å². The molecule has 0 rings (SSSR count). The minimum absolute atomic E-state index is 0.0433. The molecule has 0 radical (unpaired) electrons. The molecule has 0 aromatic rings. The normalized spacial score (nSPS) is 11.1. The van der Waals surface area contributed by atoms with Gasteiger partial charge in [0, 0.05) is 18.5 Å². The van der Waals surface area contributed by atoms with Crippen LogP contribution in [0.2, 0.25) is 0 Å². The predicted molar refractivity (Wildman–Crippen MR) is 68.4 cm³/mol. The van der Waals surface area contributed by atoms with Crippen molar-refractivity contribution in [2.24, 2.45) is 11.1 Å². The number of carbonyl (C=O) groups excluding carboxylic acids is 2. The summed E-state index contributed by atoms with van der Waals surface area (Å²) in [6, 6.07) is 0. The van der Waals surface area contributed by atoms with Crippen LogP contribution in [0, 0.1) is 5.41 Å². The van der Waals surface area contributed by atoms with Crippen molar-refractivity contribution in [3.8, 4) is 0 Å². The van der Waals surface area contributed by atoms with Gasteiger partial charge in [0.15, 0.2) is 0 Å². The maximum atomic E-state index is 11.5. The van der Waals surface area contributed by atoms with Crippen LogP contribution in [-0.2, 0) is 9.59 Å². The molecule has 0 unspecified atom stereocenters. The second-order valence-corrected chi connectivity index (χ2v) is 5.12. The first-order valence-corrected chi connectivity index (χ1v) is 6.13. The van der Waals surface area contributed by atoms with Gasteiger partial charge >= 0.3 is 0 Å². The van der Waals surface area contributed by atoms with E-state index in [9.17, 15) is 9.59 Å². The summed E-state index contributed by atoms with van der Waals surface area (Å²) in [5.74, 6) is -0.0417. The molecular weight excluding hydrogens is 218 g/mol. The highest BCUT2D eigenvalue weighted by molar-refractivity contribution is 5.81. The Morgan fingerprint density at radius 2 is 1.53 bits per heavy atom. The monoisotopic (exact) mass is 243 g/mol. The number of hydrogen-bond donors (Lipinski definition) is 3. The van der Waals surface area contributed by atoms with Crippen molar-refractivity contribution in [1.29, 1.82) is 0 Å². The zero-order chi connectivity index (χ0) is 13.3. The third kappa shape index (κ3) is 8.68. The van der Waals surface area contributed by atoms with Crippen molar-refractivity contribution < 1.29 is 9.59 Å². The molecule has 0 aliphatic heterocycles. The van der Waals surface area contributed by atoms with Gasteiger partial charge in [0.25, 0.3) is 0 Å². The van der Waals surface area contributed by atoms with Gasteiger partial charge in [0.05, 0.1) is 6.54 Å². The molecule has 100 valence electrons. The average Bonchev–Trinajstić information content (AvgIpc) is 2.25. The lowest BCUT2D eigenvalue weighted by Crippen LogP contribution is -2.35. The molecule has 5 heteroatoms. The van der Waals surface area contributed by atoms with Gasteiger partial charge in [-0.05, 0) is 19.3 Å². The number of nitrogens with one attached hydrogen (secondary N) is 2. The highest BCUT2D eigenvalue weighted by atomic mass is 16.2. The van der Waals surface area contributed by atoms with E-state index in [0.29, 0.717) is 13.1 Å². The summed E-state index contributed by atoms with van der Waals surface area (Å²) < 4.78 is 0. The van der Waals surface area contributed by atoms with Crippen molar-refractivity contribution in [2.75, 3.05) is 19.6 Å². The van der Waals surface area contributed by atoms with Crippen molar-refractivity contribution in [3.63, 3.8) is 0 Å². The number of nitrogens with two attached hydrogens (primary N) is 1. The number of amides is 2. The lowest BCUT2D eigenvalue weighted by molar-refractivity contribution is -0.128. The van der Waals surface area contributed by atoms with Gasteiger partial charge in [-0.3, -0.25) is 9.59 Å². The maximum absolute atomic E-state index is 11.5. The summed E-state index contributed by atoms with van der Waals surface area (Å²) in [4.78, 5) is 22.3. The van der Waals surface area contributed by atoms with E-state index in [1.807, 2.05) is 20.8 Å². The summed E-state index contributed by atoms with van der Waals surface area (Å²) in [5, 5.41) is 5.59. The predicted octanol–water partition coefficient (Wildman–Crippen LogP) is 0.394. The molecule has 0 spiro atoms. The summed E-state index contributed by atoms with van der Waals surface area (Å²) in [6.45, 7) is 7.08. The zero-order valence-corrected chi connectivity index (χ0v) is 11.1. The molecule has 0 aromatic heterocycles. The first-order chi connectivity index (χ1) is 7.88. The lowest BCUT2D eigenvalue weighted by atomic mass is 9.96. The molecule has 0 saturated carbocycles. The smallest absolute Gasteiger partial charge is 0.233 e. The highest BCUT2D eigenvalue weighted by Crippen LogP contribution is 2.12.